The first-order valence-electron chi connectivity index (χ1n) is 8.68. The van der Waals surface area contributed by atoms with Crippen LogP contribution in [0.3, 0.4) is 0 Å². The lowest BCUT2D eigenvalue weighted by atomic mass is 10.1. The summed E-state index contributed by atoms with van der Waals surface area (Å²) in [5.74, 6) is 2.70. The lowest BCUT2D eigenvalue weighted by molar-refractivity contribution is -0.115. The smallest absolute Gasteiger partial charge is 0.275 e. The van der Waals surface area contributed by atoms with Gasteiger partial charge in [-0.05, 0) is 42.0 Å². The van der Waals surface area contributed by atoms with Crippen LogP contribution in [-0.4, -0.2) is 47.3 Å². The van der Waals surface area contributed by atoms with Crippen LogP contribution in [0.2, 0.25) is 0 Å². The summed E-state index contributed by atoms with van der Waals surface area (Å²) in [5, 5.41) is 2.77. The van der Waals surface area contributed by atoms with Crippen LogP contribution in [0.5, 0.6) is 28.7 Å². The van der Waals surface area contributed by atoms with E-state index in [9.17, 15) is 4.79 Å². The topological polar surface area (TPSA) is 87.6 Å². The number of benzene rings is 2. The Morgan fingerprint density at radius 3 is 1.97 bits per heavy atom. The average molecular weight is 398 g/mol. The number of amidine groups is 1. The number of nitrogens with zero attached hydrogens (tertiary/aromatic N) is 1. The standard InChI is InChI=1S/C21H22N2O6/c1-25-15-7-6-13(11-16(15)26-2)20-22-14(21(24)23-20)8-12-9-17(27-3)19(29-5)18(10-12)28-4/h6-11H,1-5H3,(H,22,23,24)/b14-8+. The minimum Gasteiger partial charge on any atom is -0.493 e. The molecule has 29 heavy (non-hydrogen) atoms. The molecular weight excluding hydrogens is 376 g/mol. The molecular formula is C21H22N2O6. The lowest BCUT2D eigenvalue weighted by Crippen LogP contribution is -2.24. The maximum absolute atomic E-state index is 12.4. The Kier molecular flexibility index (Phi) is 5.92. The molecule has 2 aromatic carbocycles. The first-order valence-corrected chi connectivity index (χ1v) is 8.68. The molecule has 1 heterocycles. The first-order chi connectivity index (χ1) is 14.0. The molecule has 8 nitrogen and oxygen atoms in total. The molecule has 0 bridgehead atoms. The molecule has 3 rings (SSSR count). The molecule has 0 saturated carbocycles. The van der Waals surface area contributed by atoms with Gasteiger partial charge in [-0.1, -0.05) is 0 Å². The Morgan fingerprint density at radius 1 is 0.793 bits per heavy atom. The summed E-state index contributed by atoms with van der Waals surface area (Å²) in [6, 6.07) is 8.78. The second-order valence-electron chi connectivity index (χ2n) is 5.97. The zero-order valence-corrected chi connectivity index (χ0v) is 16.9. The van der Waals surface area contributed by atoms with E-state index in [0.29, 0.717) is 45.7 Å². The minimum absolute atomic E-state index is 0.254. The van der Waals surface area contributed by atoms with Crippen LogP contribution in [0, 0.1) is 0 Å². The summed E-state index contributed by atoms with van der Waals surface area (Å²) >= 11 is 0. The quantitative estimate of drug-likeness (QED) is 0.722. The fourth-order valence-corrected chi connectivity index (χ4v) is 2.93. The van der Waals surface area contributed by atoms with E-state index in [2.05, 4.69) is 10.3 Å². The fraction of sp³-hybridized carbons (Fsp3) is 0.238. The second-order valence-corrected chi connectivity index (χ2v) is 5.97. The fourth-order valence-electron chi connectivity index (χ4n) is 2.93. The summed E-state index contributed by atoms with van der Waals surface area (Å²) in [6.45, 7) is 0. The number of hydrogen-bond donors (Lipinski definition) is 1. The van der Waals surface area contributed by atoms with E-state index in [1.165, 1.54) is 21.3 Å². The number of carbonyl (C=O) groups is 1. The monoisotopic (exact) mass is 398 g/mol. The van der Waals surface area contributed by atoms with Crippen molar-refractivity contribution < 1.29 is 28.5 Å². The molecule has 0 unspecified atom stereocenters. The number of aliphatic imine (C=N–C) groups is 1. The van der Waals surface area contributed by atoms with E-state index < -0.39 is 0 Å². The van der Waals surface area contributed by atoms with Crippen LogP contribution >= 0.6 is 0 Å². The molecule has 1 N–H and O–H groups in total. The van der Waals surface area contributed by atoms with Crippen molar-refractivity contribution in [3.63, 3.8) is 0 Å². The van der Waals surface area contributed by atoms with Gasteiger partial charge in [0.15, 0.2) is 23.0 Å². The Hall–Kier alpha value is -3.68. The molecule has 8 heteroatoms. The molecule has 2 aromatic rings. The van der Waals surface area contributed by atoms with Gasteiger partial charge in [-0.3, -0.25) is 4.79 Å². The Morgan fingerprint density at radius 2 is 1.41 bits per heavy atom. The highest BCUT2D eigenvalue weighted by Gasteiger charge is 2.23. The average Bonchev–Trinajstić information content (AvgIpc) is 3.12. The van der Waals surface area contributed by atoms with Crippen LogP contribution in [-0.2, 0) is 4.79 Å². The van der Waals surface area contributed by atoms with Gasteiger partial charge in [0.2, 0.25) is 5.75 Å². The molecule has 0 saturated heterocycles. The van der Waals surface area contributed by atoms with E-state index in [4.69, 9.17) is 23.7 Å². The van der Waals surface area contributed by atoms with Crippen molar-refractivity contribution in [2.24, 2.45) is 4.99 Å². The highest BCUT2D eigenvalue weighted by molar-refractivity contribution is 6.20. The third-order valence-electron chi connectivity index (χ3n) is 4.34. The van der Waals surface area contributed by atoms with Crippen molar-refractivity contribution in [3.8, 4) is 28.7 Å². The van der Waals surface area contributed by atoms with Crippen LogP contribution in [0.25, 0.3) is 6.08 Å². The lowest BCUT2D eigenvalue weighted by Gasteiger charge is -2.12. The number of rotatable bonds is 7. The summed E-state index contributed by atoms with van der Waals surface area (Å²) < 4.78 is 26.6. The zero-order valence-electron chi connectivity index (χ0n) is 16.9. The number of carbonyl (C=O) groups excluding carboxylic acids is 1. The molecule has 1 aliphatic rings. The van der Waals surface area contributed by atoms with E-state index in [0.717, 1.165) is 0 Å². The highest BCUT2D eigenvalue weighted by Crippen LogP contribution is 2.39. The van der Waals surface area contributed by atoms with E-state index in [1.54, 1.807) is 50.6 Å². The van der Waals surface area contributed by atoms with Crippen molar-refractivity contribution >= 4 is 17.8 Å². The van der Waals surface area contributed by atoms with Crippen LogP contribution in [0.4, 0.5) is 0 Å². The SMILES string of the molecule is COc1ccc(C2=N/C(=C/c3cc(OC)c(OC)c(OC)c3)C(=O)N2)cc1OC. The Balaban J connectivity index is 1.99. The van der Waals surface area contributed by atoms with E-state index in [1.807, 2.05) is 0 Å². The van der Waals surface area contributed by atoms with Crippen molar-refractivity contribution in [1.29, 1.82) is 0 Å². The van der Waals surface area contributed by atoms with Crippen LogP contribution in [0.1, 0.15) is 11.1 Å². The number of ether oxygens (including phenoxy) is 5. The van der Waals surface area contributed by atoms with Gasteiger partial charge in [0.05, 0.1) is 35.5 Å². The number of nitrogens with one attached hydrogen (secondary N) is 1. The van der Waals surface area contributed by atoms with Crippen molar-refractivity contribution in [2.45, 2.75) is 0 Å². The molecule has 0 aliphatic carbocycles. The summed E-state index contributed by atoms with van der Waals surface area (Å²) in [7, 11) is 7.70. The first kappa shape index (κ1) is 20.1. The predicted molar refractivity (Wildman–Crippen MR) is 108 cm³/mol. The molecule has 0 atom stereocenters. The number of hydrogen-bond acceptors (Lipinski definition) is 7. The largest absolute Gasteiger partial charge is 0.493 e. The molecule has 0 fully saturated rings. The number of amides is 1. The van der Waals surface area contributed by atoms with E-state index >= 15 is 0 Å². The molecule has 0 aromatic heterocycles. The third kappa shape index (κ3) is 3.96. The van der Waals surface area contributed by atoms with Crippen LogP contribution < -0.4 is 29.0 Å². The summed E-state index contributed by atoms with van der Waals surface area (Å²) in [5.41, 5.74) is 1.63. The van der Waals surface area contributed by atoms with Gasteiger partial charge < -0.3 is 29.0 Å². The van der Waals surface area contributed by atoms with Gasteiger partial charge in [0.1, 0.15) is 11.5 Å². The Labute approximate surface area is 168 Å². The number of methoxy groups -OCH3 is 5. The predicted octanol–water partition coefficient (Wildman–Crippen LogP) is 2.65. The highest BCUT2D eigenvalue weighted by atomic mass is 16.5. The molecule has 1 amide bonds. The van der Waals surface area contributed by atoms with Crippen molar-refractivity contribution in [1.82, 2.24) is 5.32 Å². The molecule has 152 valence electrons. The van der Waals surface area contributed by atoms with Gasteiger partial charge >= 0.3 is 0 Å². The maximum atomic E-state index is 12.4. The van der Waals surface area contributed by atoms with Crippen LogP contribution in [0.15, 0.2) is 41.0 Å². The van der Waals surface area contributed by atoms with Crippen molar-refractivity contribution in [3.05, 3.63) is 47.2 Å². The van der Waals surface area contributed by atoms with Gasteiger partial charge in [0.25, 0.3) is 5.91 Å². The second kappa shape index (κ2) is 8.55. The Bertz CT molecular complexity index is 972. The summed E-state index contributed by atoms with van der Waals surface area (Å²) in [4.78, 5) is 16.9. The minimum atomic E-state index is -0.316. The maximum Gasteiger partial charge on any atom is 0.275 e. The van der Waals surface area contributed by atoms with Gasteiger partial charge in [-0.15, -0.1) is 0 Å². The van der Waals surface area contributed by atoms with Gasteiger partial charge in [-0.25, -0.2) is 4.99 Å². The molecule has 0 spiro atoms. The van der Waals surface area contributed by atoms with Crippen molar-refractivity contribution in [2.75, 3.05) is 35.5 Å². The zero-order chi connectivity index (χ0) is 21.0. The van der Waals surface area contributed by atoms with Gasteiger partial charge in [-0.2, -0.15) is 0 Å². The van der Waals surface area contributed by atoms with E-state index in [-0.39, 0.29) is 11.6 Å². The van der Waals surface area contributed by atoms with Gasteiger partial charge in [0, 0.05) is 5.56 Å². The normalized spacial score (nSPS) is 14.3. The third-order valence-corrected chi connectivity index (χ3v) is 4.34. The molecule has 0 radical (unpaired) electrons. The molecule has 1 aliphatic heterocycles. The summed E-state index contributed by atoms with van der Waals surface area (Å²) in [6.07, 6.45) is 1.65.